The van der Waals surface area contributed by atoms with E-state index < -0.39 is 65.7 Å². The fraction of sp³-hybridized carbons (Fsp3) is 0.191. The summed E-state index contributed by atoms with van der Waals surface area (Å²) in [4.78, 5) is 27.8. The minimum Gasteiger partial charge on any atom is -0.374 e. The minimum absolute atomic E-state index is 0.0396. The molecule has 6 aromatic carbocycles. The van der Waals surface area contributed by atoms with Crippen molar-refractivity contribution in [3.63, 3.8) is 0 Å². The fourth-order valence-corrected chi connectivity index (χ4v) is 9.42. The summed E-state index contributed by atoms with van der Waals surface area (Å²) in [6, 6.07) is 31.6. The van der Waals surface area contributed by atoms with Crippen LogP contribution < -0.4 is 5.32 Å². The highest BCUT2D eigenvalue weighted by Gasteiger charge is 2.53. The first-order chi connectivity index (χ1) is 29.3. The summed E-state index contributed by atoms with van der Waals surface area (Å²) in [5.41, 5.74) is 3.23. The Bertz CT molecular complexity index is 3050. The molecule has 11 rings (SSSR count). The molecule has 1 N–H and O–H groups in total. The average molecular weight is 812 g/mol. The highest BCUT2D eigenvalue weighted by atomic mass is 19.2. The number of hydrogen-bond donors (Lipinski definition) is 1. The number of carbonyl (C=O) groups excluding carboxylic acids is 2. The van der Waals surface area contributed by atoms with E-state index in [0.717, 1.165) is 41.0 Å². The first kappa shape index (κ1) is 36.7. The molecule has 0 radical (unpaired) electrons. The zero-order valence-corrected chi connectivity index (χ0v) is 31.5. The summed E-state index contributed by atoms with van der Waals surface area (Å²) in [5, 5.41) is 2.94. The number of benzene rings is 6. The largest absolute Gasteiger partial charge is 0.374 e. The van der Waals surface area contributed by atoms with Crippen LogP contribution in [-0.4, -0.2) is 45.9 Å². The molecule has 13 heteroatoms. The maximum atomic E-state index is 15.7. The highest BCUT2D eigenvalue weighted by Crippen LogP contribution is 2.53. The fourth-order valence-electron chi connectivity index (χ4n) is 9.42. The third-order valence-electron chi connectivity index (χ3n) is 11.9. The lowest BCUT2D eigenvalue weighted by molar-refractivity contribution is -0.258. The summed E-state index contributed by atoms with van der Waals surface area (Å²) in [6.07, 6.45) is -4.01. The second-order valence-electron chi connectivity index (χ2n) is 15.4. The van der Waals surface area contributed by atoms with Crippen LogP contribution in [0, 0.1) is 23.3 Å². The zero-order valence-electron chi connectivity index (χ0n) is 31.5. The first-order valence-corrected chi connectivity index (χ1v) is 19.5. The maximum absolute atomic E-state index is 15.7. The van der Waals surface area contributed by atoms with Gasteiger partial charge >= 0.3 is 0 Å². The predicted octanol–water partition coefficient (Wildman–Crippen LogP) is 9.18. The van der Waals surface area contributed by atoms with Crippen LogP contribution in [0.15, 0.2) is 115 Å². The molecular formula is C47H33F4N3O6. The zero-order chi connectivity index (χ0) is 40.8. The van der Waals surface area contributed by atoms with Gasteiger partial charge in [0.1, 0.15) is 18.3 Å². The van der Waals surface area contributed by atoms with Crippen LogP contribution in [0.25, 0.3) is 43.6 Å². The quantitative estimate of drug-likeness (QED) is 0.109. The van der Waals surface area contributed by atoms with Gasteiger partial charge in [0.15, 0.2) is 29.5 Å². The van der Waals surface area contributed by atoms with Crippen molar-refractivity contribution in [2.75, 3.05) is 6.61 Å². The Balaban J connectivity index is 1.25. The third kappa shape index (κ3) is 5.60. The minimum atomic E-state index is -1.18. The predicted molar refractivity (Wildman–Crippen MR) is 213 cm³/mol. The van der Waals surface area contributed by atoms with E-state index in [9.17, 15) is 9.59 Å². The number of aromatic nitrogens is 2. The topological polar surface area (TPSA) is 93.0 Å². The van der Waals surface area contributed by atoms with Crippen LogP contribution in [0.4, 0.5) is 17.6 Å². The van der Waals surface area contributed by atoms with Crippen molar-refractivity contribution in [1.82, 2.24) is 14.5 Å². The van der Waals surface area contributed by atoms with Gasteiger partial charge in [-0.2, -0.15) is 0 Å². The molecule has 8 aromatic rings. The van der Waals surface area contributed by atoms with Crippen molar-refractivity contribution in [2.24, 2.45) is 0 Å². The van der Waals surface area contributed by atoms with Crippen molar-refractivity contribution >= 4 is 55.4 Å². The third-order valence-corrected chi connectivity index (χ3v) is 11.9. The molecule has 5 heterocycles. The SMILES string of the molecule is O=C1NC(=O)c2c1c1c3cc(F)c(F)cc3n3c1c1c2c2cc(F)c(F)cc2n1[C@@H]1C(OCc2ccccc2)C(OCc2ccccc2)[C@H]3O[C@@H]1COCc1ccccc1. The molecule has 2 bridgehead atoms. The van der Waals surface area contributed by atoms with Crippen molar-refractivity contribution in [3.8, 4) is 0 Å². The van der Waals surface area contributed by atoms with Crippen molar-refractivity contribution in [1.29, 1.82) is 0 Å². The van der Waals surface area contributed by atoms with Crippen LogP contribution in [0.2, 0.25) is 0 Å². The van der Waals surface area contributed by atoms with E-state index in [1.807, 2.05) is 91.0 Å². The number of rotatable bonds is 10. The Kier molecular flexibility index (Phi) is 8.64. The van der Waals surface area contributed by atoms with Crippen LogP contribution in [0.5, 0.6) is 0 Å². The number of halogens is 4. The number of amides is 2. The Morgan fingerprint density at radius 3 is 1.55 bits per heavy atom. The molecule has 2 unspecified atom stereocenters. The molecule has 2 aromatic heterocycles. The van der Waals surface area contributed by atoms with Crippen molar-refractivity contribution in [2.45, 2.75) is 50.4 Å². The van der Waals surface area contributed by atoms with Gasteiger partial charge in [-0.1, -0.05) is 91.0 Å². The van der Waals surface area contributed by atoms with Gasteiger partial charge in [-0.15, -0.1) is 0 Å². The monoisotopic (exact) mass is 811 g/mol. The second-order valence-corrected chi connectivity index (χ2v) is 15.4. The Labute approximate surface area is 338 Å². The number of nitrogens with zero attached hydrogens (tertiary/aromatic N) is 2. The average Bonchev–Trinajstić information content (AvgIpc) is 3.84. The highest BCUT2D eigenvalue weighted by molar-refractivity contribution is 6.39. The van der Waals surface area contributed by atoms with Gasteiger partial charge in [-0.3, -0.25) is 14.9 Å². The van der Waals surface area contributed by atoms with E-state index in [2.05, 4.69) is 5.32 Å². The Hall–Kier alpha value is -6.38. The summed E-state index contributed by atoms with van der Waals surface area (Å²) >= 11 is 0. The van der Waals surface area contributed by atoms with Crippen molar-refractivity contribution in [3.05, 3.63) is 166 Å². The molecule has 1 saturated heterocycles. The summed E-state index contributed by atoms with van der Waals surface area (Å²) < 4.78 is 93.2. The lowest BCUT2D eigenvalue weighted by atomic mass is 9.92. The molecule has 5 atom stereocenters. The number of hydrogen-bond acceptors (Lipinski definition) is 6. The standard InChI is InChI=1S/C47H33F4N3O6/c48-29-16-27-33(18-31(29)50)53-40-35(23-57-20-24-10-4-1-5-11-24)60-47(44(59-22-26-14-8-3-9-15-26)43(40)58-21-25-12-6-2-7-13-25)54-34-19-32(51)30(49)17-28(34)37-39-38(45(55)52-46(39)56)36(27)41(53)42(37)54/h1-19,35,40,43-44,47H,20-23H2,(H,52,55,56)/t35-,40+,43?,44?,47-/m1/s1. The van der Waals surface area contributed by atoms with Crippen molar-refractivity contribution < 1.29 is 46.1 Å². The van der Waals surface area contributed by atoms with Gasteiger partial charge in [0.2, 0.25) is 0 Å². The molecule has 9 nitrogen and oxygen atoms in total. The normalized spacial score (nSPS) is 20.8. The van der Waals surface area contributed by atoms with E-state index in [0.29, 0.717) is 5.52 Å². The molecule has 2 amide bonds. The molecule has 0 saturated carbocycles. The lowest BCUT2D eigenvalue weighted by Crippen LogP contribution is -2.56. The van der Waals surface area contributed by atoms with Gasteiger partial charge < -0.3 is 28.1 Å². The Morgan fingerprint density at radius 2 is 1.02 bits per heavy atom. The molecule has 3 aliphatic rings. The van der Waals surface area contributed by atoms with E-state index in [-0.39, 0.29) is 75.6 Å². The molecular weight excluding hydrogens is 779 g/mol. The lowest BCUT2D eigenvalue weighted by Gasteiger charge is -2.49. The van der Waals surface area contributed by atoms with E-state index >= 15 is 17.6 Å². The number of fused-ring (bicyclic) bond motifs is 14. The molecule has 1 fully saturated rings. The molecule has 3 aliphatic heterocycles. The van der Waals surface area contributed by atoms with Crippen LogP contribution in [0.3, 0.4) is 0 Å². The number of carbonyl (C=O) groups is 2. The van der Waals surface area contributed by atoms with Crippen LogP contribution >= 0.6 is 0 Å². The number of ether oxygens (including phenoxy) is 4. The molecule has 60 heavy (non-hydrogen) atoms. The summed E-state index contributed by atoms with van der Waals surface area (Å²) in [5.74, 6) is -6.23. The Morgan fingerprint density at radius 1 is 0.567 bits per heavy atom. The van der Waals surface area contributed by atoms with E-state index in [4.69, 9.17) is 18.9 Å². The van der Waals surface area contributed by atoms with Gasteiger partial charge in [-0.25, -0.2) is 17.6 Å². The maximum Gasteiger partial charge on any atom is 0.259 e. The number of nitrogens with one attached hydrogen (secondary N) is 1. The molecule has 300 valence electrons. The molecule has 0 spiro atoms. The first-order valence-electron chi connectivity index (χ1n) is 19.5. The van der Waals surface area contributed by atoms with Gasteiger partial charge in [0.25, 0.3) is 11.8 Å². The van der Waals surface area contributed by atoms with Crippen LogP contribution in [-0.2, 0) is 38.8 Å². The van der Waals surface area contributed by atoms with Gasteiger partial charge in [-0.05, 0) is 28.8 Å². The smallest absolute Gasteiger partial charge is 0.259 e. The van der Waals surface area contributed by atoms with Crippen LogP contribution in [0.1, 0.15) is 49.7 Å². The molecule has 0 aliphatic carbocycles. The van der Waals surface area contributed by atoms with Gasteiger partial charge in [0.05, 0.1) is 65.7 Å². The van der Waals surface area contributed by atoms with E-state index in [1.54, 1.807) is 9.13 Å². The summed E-state index contributed by atoms with van der Waals surface area (Å²) in [7, 11) is 0. The number of imide groups is 1. The summed E-state index contributed by atoms with van der Waals surface area (Å²) in [6.45, 7) is 0.344. The second kappa shape index (κ2) is 14.1. The van der Waals surface area contributed by atoms with E-state index in [1.165, 1.54) is 0 Å². The van der Waals surface area contributed by atoms with Gasteiger partial charge in [0, 0.05) is 33.7 Å².